The SMILES string of the molecule is COc1ccccc1NC(=O)Nc1nc(C)c(C(=O)N2CCC3(CC2)OCCO3)s1. The van der Waals surface area contributed by atoms with E-state index in [9.17, 15) is 9.59 Å². The van der Waals surface area contributed by atoms with Crippen LogP contribution >= 0.6 is 11.3 Å². The third-order valence-corrected chi connectivity index (χ3v) is 6.25. The lowest BCUT2D eigenvalue weighted by Crippen LogP contribution is -2.47. The number of carbonyl (C=O) groups is 2. The summed E-state index contributed by atoms with van der Waals surface area (Å²) < 4.78 is 16.7. The number of thiazole rings is 1. The summed E-state index contributed by atoms with van der Waals surface area (Å²) in [5, 5.41) is 5.78. The minimum Gasteiger partial charge on any atom is -0.495 e. The molecule has 30 heavy (non-hydrogen) atoms. The fourth-order valence-corrected chi connectivity index (χ4v) is 4.56. The van der Waals surface area contributed by atoms with Gasteiger partial charge in [-0.25, -0.2) is 9.78 Å². The molecule has 0 saturated carbocycles. The summed E-state index contributed by atoms with van der Waals surface area (Å²) in [7, 11) is 1.54. The van der Waals surface area contributed by atoms with Gasteiger partial charge in [-0.05, 0) is 19.1 Å². The van der Waals surface area contributed by atoms with E-state index < -0.39 is 11.8 Å². The third-order valence-electron chi connectivity index (χ3n) is 5.19. The van der Waals surface area contributed by atoms with Crippen molar-refractivity contribution in [2.75, 3.05) is 44.0 Å². The molecule has 0 unspecified atom stereocenters. The number of piperidine rings is 1. The zero-order valence-corrected chi connectivity index (χ0v) is 17.7. The molecule has 0 atom stereocenters. The van der Waals surface area contributed by atoms with Crippen molar-refractivity contribution in [1.82, 2.24) is 9.88 Å². The summed E-state index contributed by atoms with van der Waals surface area (Å²) in [6.07, 6.45) is 1.31. The smallest absolute Gasteiger partial charge is 0.325 e. The summed E-state index contributed by atoms with van der Waals surface area (Å²) >= 11 is 1.17. The van der Waals surface area contributed by atoms with E-state index >= 15 is 0 Å². The van der Waals surface area contributed by atoms with Crippen molar-refractivity contribution in [2.24, 2.45) is 0 Å². The van der Waals surface area contributed by atoms with Crippen LogP contribution in [-0.2, 0) is 9.47 Å². The van der Waals surface area contributed by atoms with Gasteiger partial charge in [0.1, 0.15) is 10.6 Å². The van der Waals surface area contributed by atoms with Crippen LogP contribution in [0.25, 0.3) is 0 Å². The van der Waals surface area contributed by atoms with Gasteiger partial charge in [0.2, 0.25) is 0 Å². The second-order valence-corrected chi connectivity index (χ2v) is 8.11. The number of rotatable bonds is 4. The highest BCUT2D eigenvalue weighted by Gasteiger charge is 2.41. The van der Waals surface area contributed by atoms with Gasteiger partial charge in [-0.3, -0.25) is 10.1 Å². The summed E-state index contributed by atoms with van der Waals surface area (Å²) in [5.74, 6) is -0.0593. The highest BCUT2D eigenvalue weighted by atomic mass is 32.1. The largest absolute Gasteiger partial charge is 0.495 e. The standard InChI is InChI=1S/C20H24N4O5S/c1-13-16(17(25)24-9-7-20(8-10-24)28-11-12-29-20)30-19(21-13)23-18(26)22-14-5-3-4-6-15(14)27-2/h3-6H,7-12H2,1-2H3,(H2,21,22,23,26). The molecule has 2 aliphatic rings. The first-order valence-electron chi connectivity index (χ1n) is 9.75. The zero-order chi connectivity index (χ0) is 21.1. The first kappa shape index (κ1) is 20.6. The molecule has 3 amide bonds. The number of urea groups is 1. The van der Waals surface area contributed by atoms with E-state index in [2.05, 4.69) is 15.6 Å². The molecule has 0 bridgehead atoms. The predicted molar refractivity (Wildman–Crippen MR) is 112 cm³/mol. The lowest BCUT2D eigenvalue weighted by atomic mass is 10.0. The van der Waals surface area contributed by atoms with Crippen LogP contribution in [0.2, 0.25) is 0 Å². The number of aromatic nitrogens is 1. The molecular formula is C20H24N4O5S. The van der Waals surface area contributed by atoms with Crippen molar-refractivity contribution in [3.63, 3.8) is 0 Å². The monoisotopic (exact) mass is 432 g/mol. The Labute approximate surface area is 178 Å². The minimum atomic E-state index is -0.525. The number of ether oxygens (including phenoxy) is 3. The molecule has 0 aliphatic carbocycles. The number of hydrogen-bond donors (Lipinski definition) is 2. The van der Waals surface area contributed by atoms with Crippen LogP contribution in [0.3, 0.4) is 0 Å². The molecule has 2 N–H and O–H groups in total. The van der Waals surface area contributed by atoms with E-state index in [4.69, 9.17) is 14.2 Å². The molecule has 0 radical (unpaired) electrons. The quantitative estimate of drug-likeness (QED) is 0.770. The number of benzene rings is 1. The first-order chi connectivity index (χ1) is 14.5. The molecule has 160 valence electrons. The number of methoxy groups -OCH3 is 1. The molecule has 3 heterocycles. The third kappa shape index (κ3) is 4.25. The number of hydrogen-bond acceptors (Lipinski definition) is 7. The number of nitrogens with one attached hydrogen (secondary N) is 2. The Bertz CT molecular complexity index is 931. The highest BCUT2D eigenvalue weighted by Crippen LogP contribution is 2.33. The average Bonchev–Trinajstić information content (AvgIpc) is 3.35. The van der Waals surface area contributed by atoms with Gasteiger partial charge in [-0.2, -0.15) is 0 Å². The second-order valence-electron chi connectivity index (χ2n) is 7.11. The molecule has 1 spiro atoms. The Hall–Kier alpha value is -2.69. The zero-order valence-electron chi connectivity index (χ0n) is 16.9. The van der Waals surface area contributed by atoms with Gasteiger partial charge in [-0.1, -0.05) is 23.5 Å². The Morgan fingerprint density at radius 3 is 2.57 bits per heavy atom. The molecule has 1 aromatic carbocycles. The molecule has 1 aromatic heterocycles. The van der Waals surface area contributed by atoms with Gasteiger partial charge >= 0.3 is 6.03 Å². The van der Waals surface area contributed by atoms with Gasteiger partial charge in [0.25, 0.3) is 5.91 Å². The summed E-state index contributed by atoms with van der Waals surface area (Å²) in [6, 6.07) is 6.65. The normalized spacial score (nSPS) is 17.7. The van der Waals surface area contributed by atoms with E-state index in [1.807, 2.05) is 6.07 Å². The molecule has 2 aromatic rings. The topological polar surface area (TPSA) is 102 Å². The number of anilines is 2. The molecule has 2 aliphatic heterocycles. The van der Waals surface area contributed by atoms with E-state index in [1.165, 1.54) is 18.4 Å². The number of nitrogens with zero attached hydrogens (tertiary/aromatic N) is 2. The second kappa shape index (κ2) is 8.58. The molecule has 2 fully saturated rings. The van der Waals surface area contributed by atoms with Gasteiger partial charge in [0, 0.05) is 25.9 Å². The van der Waals surface area contributed by atoms with E-state index in [0.717, 1.165) is 0 Å². The Morgan fingerprint density at radius 2 is 1.87 bits per heavy atom. The predicted octanol–water partition coefficient (Wildman–Crippen LogP) is 3.08. The number of para-hydroxylation sites is 2. The fraction of sp³-hybridized carbons (Fsp3) is 0.450. The van der Waals surface area contributed by atoms with Crippen molar-refractivity contribution in [3.05, 3.63) is 34.8 Å². The lowest BCUT2D eigenvalue weighted by Gasteiger charge is -2.37. The Balaban J connectivity index is 1.38. The first-order valence-corrected chi connectivity index (χ1v) is 10.6. The summed E-state index contributed by atoms with van der Waals surface area (Å²) in [5.41, 5.74) is 1.13. The molecule has 10 heteroatoms. The molecule has 4 rings (SSSR count). The highest BCUT2D eigenvalue weighted by molar-refractivity contribution is 7.17. The van der Waals surface area contributed by atoms with Gasteiger partial charge in [0.05, 0.1) is 31.7 Å². The van der Waals surface area contributed by atoms with Crippen LogP contribution in [0, 0.1) is 6.92 Å². The van der Waals surface area contributed by atoms with Crippen LogP contribution in [0.15, 0.2) is 24.3 Å². The van der Waals surface area contributed by atoms with Crippen molar-refractivity contribution in [2.45, 2.75) is 25.6 Å². The maximum atomic E-state index is 13.0. The Morgan fingerprint density at radius 1 is 1.17 bits per heavy atom. The van der Waals surface area contributed by atoms with Crippen molar-refractivity contribution in [1.29, 1.82) is 0 Å². The number of amides is 3. The molecule has 2 saturated heterocycles. The van der Waals surface area contributed by atoms with E-state index in [0.29, 0.717) is 66.3 Å². The van der Waals surface area contributed by atoms with Crippen LogP contribution in [0.5, 0.6) is 5.75 Å². The van der Waals surface area contributed by atoms with E-state index in [-0.39, 0.29) is 5.91 Å². The van der Waals surface area contributed by atoms with Crippen LogP contribution < -0.4 is 15.4 Å². The minimum absolute atomic E-state index is 0.0870. The molecule has 9 nitrogen and oxygen atoms in total. The van der Waals surface area contributed by atoms with Crippen molar-refractivity contribution in [3.8, 4) is 5.75 Å². The molecular weight excluding hydrogens is 408 g/mol. The van der Waals surface area contributed by atoms with Crippen LogP contribution in [-0.4, -0.2) is 61.0 Å². The van der Waals surface area contributed by atoms with Gasteiger partial charge in [0.15, 0.2) is 10.9 Å². The van der Waals surface area contributed by atoms with Crippen molar-refractivity contribution < 1.29 is 23.8 Å². The Kier molecular flexibility index (Phi) is 5.89. The number of likely N-dealkylation sites (tertiary alicyclic amines) is 1. The lowest BCUT2D eigenvalue weighted by molar-refractivity contribution is -0.181. The van der Waals surface area contributed by atoms with Crippen LogP contribution in [0.4, 0.5) is 15.6 Å². The average molecular weight is 433 g/mol. The van der Waals surface area contributed by atoms with Gasteiger partial charge < -0.3 is 24.4 Å². The van der Waals surface area contributed by atoms with Crippen LogP contribution in [0.1, 0.15) is 28.2 Å². The van der Waals surface area contributed by atoms with Crippen molar-refractivity contribution >= 4 is 34.1 Å². The fourth-order valence-electron chi connectivity index (χ4n) is 3.63. The van der Waals surface area contributed by atoms with E-state index in [1.54, 1.807) is 30.0 Å². The summed E-state index contributed by atoms with van der Waals surface area (Å²) in [4.78, 5) is 32.0. The number of aryl methyl sites for hydroxylation is 1. The maximum absolute atomic E-state index is 13.0. The number of carbonyl (C=O) groups excluding carboxylic acids is 2. The summed E-state index contributed by atoms with van der Waals surface area (Å²) in [6.45, 7) is 4.10. The van der Waals surface area contributed by atoms with Gasteiger partial charge in [-0.15, -0.1) is 0 Å². The maximum Gasteiger partial charge on any atom is 0.325 e.